The van der Waals surface area contributed by atoms with E-state index in [0.717, 1.165) is 0 Å². The minimum Gasteiger partial charge on any atom is -0.484 e. The monoisotopic (exact) mass is 368 g/mol. The van der Waals surface area contributed by atoms with Gasteiger partial charge in [0.2, 0.25) is 0 Å². The zero-order chi connectivity index (χ0) is 18.7. The van der Waals surface area contributed by atoms with Crippen molar-refractivity contribution in [3.8, 4) is 5.75 Å². The number of nitrogens with zero attached hydrogens (tertiary/aromatic N) is 1. The zero-order valence-electron chi connectivity index (χ0n) is 13.8. The third kappa shape index (κ3) is 4.32. The molecule has 0 fully saturated rings. The number of aromatic nitrogens is 2. The standard InChI is InChI=1S/C18H16F4N2O2/c1-2-25-16(17-23-14-8-5-12(19)9-15(14)24-17)11-3-6-13(7-4-11)26-10-18(20,21)22/h3-9,16H,2,10H2,1H3,(H,23,24). The Morgan fingerprint density at radius 3 is 2.50 bits per heavy atom. The van der Waals surface area contributed by atoms with Crippen LogP contribution in [0.25, 0.3) is 11.0 Å². The van der Waals surface area contributed by atoms with Gasteiger partial charge in [0.25, 0.3) is 0 Å². The molecule has 26 heavy (non-hydrogen) atoms. The number of alkyl halides is 3. The van der Waals surface area contributed by atoms with Gasteiger partial charge < -0.3 is 14.5 Å². The van der Waals surface area contributed by atoms with Gasteiger partial charge in [0.05, 0.1) is 11.0 Å². The number of fused-ring (bicyclic) bond motifs is 1. The Hall–Kier alpha value is -2.61. The van der Waals surface area contributed by atoms with E-state index < -0.39 is 18.9 Å². The Kier molecular flexibility index (Phi) is 5.13. The van der Waals surface area contributed by atoms with Crippen molar-refractivity contribution in [3.05, 3.63) is 59.7 Å². The molecule has 0 amide bonds. The quantitative estimate of drug-likeness (QED) is 0.638. The first kappa shape index (κ1) is 18.2. The van der Waals surface area contributed by atoms with Crippen LogP contribution in [0.15, 0.2) is 42.5 Å². The van der Waals surface area contributed by atoms with E-state index in [0.29, 0.717) is 29.0 Å². The molecule has 0 aliphatic carbocycles. The van der Waals surface area contributed by atoms with Crippen LogP contribution in [0.1, 0.15) is 24.4 Å². The Morgan fingerprint density at radius 1 is 1.12 bits per heavy atom. The molecule has 0 saturated carbocycles. The largest absolute Gasteiger partial charge is 0.484 e. The number of H-pyrrole nitrogens is 1. The summed E-state index contributed by atoms with van der Waals surface area (Å²) >= 11 is 0. The van der Waals surface area contributed by atoms with E-state index in [9.17, 15) is 17.6 Å². The highest BCUT2D eigenvalue weighted by Crippen LogP contribution is 2.28. The van der Waals surface area contributed by atoms with Gasteiger partial charge in [-0.05, 0) is 42.8 Å². The second kappa shape index (κ2) is 7.33. The molecule has 1 unspecified atom stereocenters. The van der Waals surface area contributed by atoms with Crippen LogP contribution < -0.4 is 4.74 Å². The fraction of sp³-hybridized carbons (Fsp3) is 0.278. The highest BCUT2D eigenvalue weighted by atomic mass is 19.4. The molecule has 1 atom stereocenters. The van der Waals surface area contributed by atoms with Gasteiger partial charge in [-0.3, -0.25) is 0 Å². The maximum absolute atomic E-state index is 13.3. The van der Waals surface area contributed by atoms with Crippen LogP contribution in [0.2, 0.25) is 0 Å². The number of halogens is 4. The fourth-order valence-electron chi connectivity index (χ4n) is 2.53. The number of hydrogen-bond donors (Lipinski definition) is 1. The number of imidazole rings is 1. The molecule has 0 radical (unpaired) electrons. The van der Waals surface area contributed by atoms with Crippen LogP contribution in [0.3, 0.4) is 0 Å². The van der Waals surface area contributed by atoms with Crippen molar-refractivity contribution >= 4 is 11.0 Å². The van der Waals surface area contributed by atoms with Gasteiger partial charge in [-0.15, -0.1) is 0 Å². The smallest absolute Gasteiger partial charge is 0.422 e. The van der Waals surface area contributed by atoms with E-state index in [1.807, 2.05) is 6.92 Å². The number of ether oxygens (including phenoxy) is 2. The lowest BCUT2D eigenvalue weighted by Gasteiger charge is -2.16. The van der Waals surface area contributed by atoms with Gasteiger partial charge in [-0.2, -0.15) is 13.2 Å². The third-order valence-corrected chi connectivity index (χ3v) is 3.63. The molecule has 0 aliphatic rings. The lowest BCUT2D eigenvalue weighted by molar-refractivity contribution is -0.153. The van der Waals surface area contributed by atoms with Gasteiger partial charge in [0.1, 0.15) is 23.5 Å². The van der Waals surface area contributed by atoms with Crippen molar-refractivity contribution in [3.63, 3.8) is 0 Å². The molecule has 0 saturated heterocycles. The normalized spacial score (nSPS) is 13.1. The summed E-state index contributed by atoms with van der Waals surface area (Å²) in [5, 5.41) is 0. The number of nitrogens with one attached hydrogen (secondary N) is 1. The van der Waals surface area contributed by atoms with Crippen molar-refractivity contribution in [1.82, 2.24) is 9.97 Å². The average molecular weight is 368 g/mol. The Morgan fingerprint density at radius 2 is 1.85 bits per heavy atom. The van der Waals surface area contributed by atoms with Crippen LogP contribution in [0.4, 0.5) is 17.6 Å². The zero-order valence-corrected chi connectivity index (χ0v) is 13.8. The molecule has 2 aromatic carbocycles. The van der Waals surface area contributed by atoms with E-state index >= 15 is 0 Å². The first-order valence-electron chi connectivity index (χ1n) is 7.92. The van der Waals surface area contributed by atoms with E-state index in [1.165, 1.54) is 24.3 Å². The van der Waals surface area contributed by atoms with Crippen molar-refractivity contribution in [2.75, 3.05) is 13.2 Å². The molecule has 0 spiro atoms. The minimum atomic E-state index is -4.39. The second-order valence-electron chi connectivity index (χ2n) is 5.59. The first-order chi connectivity index (χ1) is 12.4. The fourth-order valence-corrected chi connectivity index (χ4v) is 2.53. The maximum Gasteiger partial charge on any atom is 0.422 e. The highest BCUT2D eigenvalue weighted by molar-refractivity contribution is 5.75. The topological polar surface area (TPSA) is 47.1 Å². The van der Waals surface area contributed by atoms with Crippen LogP contribution >= 0.6 is 0 Å². The molecule has 3 rings (SSSR count). The molecule has 0 bridgehead atoms. The molecular formula is C18H16F4N2O2. The van der Waals surface area contributed by atoms with Gasteiger partial charge in [0, 0.05) is 6.61 Å². The molecule has 1 N–H and O–H groups in total. The second-order valence-corrected chi connectivity index (χ2v) is 5.59. The molecule has 1 aromatic heterocycles. The SMILES string of the molecule is CCOC(c1ccc(OCC(F)(F)F)cc1)c1nc2ccc(F)cc2[nH]1. The van der Waals surface area contributed by atoms with Crippen LogP contribution in [0, 0.1) is 5.82 Å². The molecule has 138 valence electrons. The summed E-state index contributed by atoms with van der Waals surface area (Å²) in [5.41, 5.74) is 1.82. The summed E-state index contributed by atoms with van der Waals surface area (Å²) in [6.45, 7) is 0.856. The predicted octanol–water partition coefficient (Wildman–Crippen LogP) is 4.77. The Bertz CT molecular complexity index is 875. The minimum absolute atomic E-state index is 0.105. The van der Waals surface area contributed by atoms with Crippen LogP contribution in [-0.4, -0.2) is 29.4 Å². The maximum atomic E-state index is 13.3. The summed E-state index contributed by atoms with van der Waals surface area (Å²) in [6.07, 6.45) is -4.96. The number of benzene rings is 2. The van der Waals surface area contributed by atoms with Crippen molar-refractivity contribution in [2.45, 2.75) is 19.2 Å². The Balaban J connectivity index is 1.84. The van der Waals surface area contributed by atoms with Gasteiger partial charge >= 0.3 is 6.18 Å². The molecule has 8 heteroatoms. The van der Waals surface area contributed by atoms with Gasteiger partial charge in [-0.1, -0.05) is 12.1 Å². The molecule has 4 nitrogen and oxygen atoms in total. The van der Waals surface area contributed by atoms with E-state index in [4.69, 9.17) is 9.47 Å². The summed E-state index contributed by atoms with van der Waals surface area (Å²) in [7, 11) is 0. The Labute approximate surface area is 146 Å². The first-order valence-corrected chi connectivity index (χ1v) is 7.92. The number of rotatable bonds is 6. The van der Waals surface area contributed by atoms with E-state index in [1.54, 1.807) is 18.2 Å². The molecule has 1 heterocycles. The van der Waals surface area contributed by atoms with Gasteiger partial charge in [0.15, 0.2) is 6.61 Å². The van der Waals surface area contributed by atoms with Crippen molar-refractivity contribution < 1.29 is 27.0 Å². The van der Waals surface area contributed by atoms with E-state index in [-0.39, 0.29) is 11.6 Å². The highest BCUT2D eigenvalue weighted by Gasteiger charge is 2.28. The molecular weight excluding hydrogens is 352 g/mol. The molecule has 3 aromatic rings. The van der Waals surface area contributed by atoms with Crippen molar-refractivity contribution in [2.24, 2.45) is 0 Å². The number of aromatic amines is 1. The lowest BCUT2D eigenvalue weighted by atomic mass is 10.1. The number of hydrogen-bond acceptors (Lipinski definition) is 3. The molecule has 0 aliphatic heterocycles. The van der Waals surface area contributed by atoms with Crippen molar-refractivity contribution in [1.29, 1.82) is 0 Å². The predicted molar refractivity (Wildman–Crippen MR) is 87.5 cm³/mol. The summed E-state index contributed by atoms with van der Waals surface area (Å²) in [6, 6.07) is 10.3. The summed E-state index contributed by atoms with van der Waals surface area (Å²) in [4.78, 5) is 7.44. The average Bonchev–Trinajstić information content (AvgIpc) is 3.00. The summed E-state index contributed by atoms with van der Waals surface area (Å²) in [5.74, 6) is 0.205. The van der Waals surface area contributed by atoms with Crippen LogP contribution in [-0.2, 0) is 4.74 Å². The van der Waals surface area contributed by atoms with Crippen LogP contribution in [0.5, 0.6) is 5.75 Å². The third-order valence-electron chi connectivity index (χ3n) is 3.63. The summed E-state index contributed by atoms with van der Waals surface area (Å²) < 4.78 is 60.4. The lowest BCUT2D eigenvalue weighted by Crippen LogP contribution is -2.19. The van der Waals surface area contributed by atoms with E-state index in [2.05, 4.69) is 9.97 Å². The van der Waals surface area contributed by atoms with Gasteiger partial charge in [-0.25, -0.2) is 9.37 Å².